The Morgan fingerprint density at radius 3 is 1.21 bits per heavy atom. The van der Waals surface area contributed by atoms with E-state index >= 15 is 0 Å². The van der Waals surface area contributed by atoms with E-state index in [0.29, 0.717) is 12.2 Å². The van der Waals surface area contributed by atoms with Crippen LogP contribution in [0.2, 0.25) is 0 Å². The van der Waals surface area contributed by atoms with Gasteiger partial charge in [0.1, 0.15) is 5.78 Å². The Balaban J connectivity index is 3.05. The average molecular weight is 341 g/mol. The van der Waals surface area contributed by atoms with Crippen molar-refractivity contribution in [1.82, 2.24) is 0 Å². The lowest BCUT2D eigenvalue weighted by Crippen LogP contribution is -1.96. The van der Waals surface area contributed by atoms with Crippen LogP contribution in [0.15, 0.2) is 0 Å². The summed E-state index contributed by atoms with van der Waals surface area (Å²) in [7, 11) is 0. The first-order chi connectivity index (χ1) is 11.7. The van der Waals surface area contributed by atoms with Crippen molar-refractivity contribution in [2.75, 3.05) is 0 Å². The van der Waals surface area contributed by atoms with Gasteiger partial charge in [-0.3, -0.25) is 9.59 Å². The maximum Gasteiger partial charge on any atom is 0.303 e. The molecule has 0 saturated heterocycles. The molecule has 142 valence electrons. The van der Waals surface area contributed by atoms with E-state index in [0.717, 1.165) is 38.5 Å². The third-order valence-electron chi connectivity index (χ3n) is 4.63. The summed E-state index contributed by atoms with van der Waals surface area (Å²) in [6, 6.07) is 0. The molecule has 0 radical (unpaired) electrons. The molecular formula is C21H40O3. The lowest BCUT2D eigenvalue weighted by Gasteiger charge is -2.03. The first kappa shape index (κ1) is 23.1. The normalized spacial score (nSPS) is 10.9. The molecule has 0 aromatic carbocycles. The van der Waals surface area contributed by atoms with E-state index in [2.05, 4.69) is 6.92 Å². The number of carbonyl (C=O) groups is 2. The Morgan fingerprint density at radius 2 is 0.875 bits per heavy atom. The summed E-state index contributed by atoms with van der Waals surface area (Å²) in [4.78, 5) is 21.8. The van der Waals surface area contributed by atoms with Crippen molar-refractivity contribution in [1.29, 1.82) is 0 Å². The second-order valence-electron chi connectivity index (χ2n) is 7.13. The molecule has 0 aromatic heterocycles. The Morgan fingerprint density at radius 1 is 0.542 bits per heavy atom. The average Bonchev–Trinajstić information content (AvgIpc) is 2.54. The Kier molecular flexibility index (Phi) is 17.8. The van der Waals surface area contributed by atoms with E-state index in [-0.39, 0.29) is 0 Å². The predicted molar refractivity (Wildman–Crippen MR) is 101 cm³/mol. The number of rotatable bonds is 19. The third kappa shape index (κ3) is 19.2. The van der Waals surface area contributed by atoms with Crippen molar-refractivity contribution in [2.45, 2.75) is 122 Å². The van der Waals surface area contributed by atoms with Gasteiger partial charge in [0.05, 0.1) is 0 Å². The van der Waals surface area contributed by atoms with E-state index in [1.807, 2.05) is 0 Å². The Labute approximate surface area is 149 Å². The topological polar surface area (TPSA) is 54.4 Å². The minimum atomic E-state index is -0.667. The summed E-state index contributed by atoms with van der Waals surface area (Å²) < 4.78 is 0. The van der Waals surface area contributed by atoms with Gasteiger partial charge in [-0.15, -0.1) is 0 Å². The van der Waals surface area contributed by atoms with Crippen molar-refractivity contribution in [3.05, 3.63) is 0 Å². The fourth-order valence-corrected chi connectivity index (χ4v) is 3.12. The maximum absolute atomic E-state index is 11.4. The predicted octanol–water partition coefficient (Wildman–Crippen LogP) is 6.68. The molecule has 0 aliphatic rings. The molecule has 0 bridgehead atoms. The highest BCUT2D eigenvalue weighted by Gasteiger charge is 2.00. The second-order valence-corrected chi connectivity index (χ2v) is 7.13. The van der Waals surface area contributed by atoms with Gasteiger partial charge in [0, 0.05) is 19.3 Å². The molecule has 0 aliphatic heterocycles. The molecule has 24 heavy (non-hydrogen) atoms. The smallest absolute Gasteiger partial charge is 0.303 e. The quantitative estimate of drug-likeness (QED) is 0.267. The van der Waals surface area contributed by atoms with Gasteiger partial charge >= 0.3 is 5.97 Å². The number of aliphatic carboxylic acids is 1. The number of hydrogen-bond donors (Lipinski definition) is 1. The minimum Gasteiger partial charge on any atom is -0.481 e. The van der Waals surface area contributed by atoms with E-state index in [9.17, 15) is 9.59 Å². The van der Waals surface area contributed by atoms with Crippen molar-refractivity contribution in [3.8, 4) is 0 Å². The lowest BCUT2D eigenvalue weighted by atomic mass is 10.0. The zero-order chi connectivity index (χ0) is 17.9. The number of unbranched alkanes of at least 4 members (excludes halogenated alkanes) is 13. The Hall–Kier alpha value is -0.860. The summed E-state index contributed by atoms with van der Waals surface area (Å²) in [5.41, 5.74) is 0. The highest BCUT2D eigenvalue weighted by molar-refractivity contribution is 5.78. The van der Waals surface area contributed by atoms with Crippen LogP contribution in [0.25, 0.3) is 0 Å². The number of hydrogen-bond acceptors (Lipinski definition) is 2. The van der Waals surface area contributed by atoms with Crippen LogP contribution in [0, 0.1) is 0 Å². The van der Waals surface area contributed by atoms with Crippen LogP contribution in [0.5, 0.6) is 0 Å². The van der Waals surface area contributed by atoms with E-state index < -0.39 is 5.97 Å². The molecular weight excluding hydrogens is 300 g/mol. The van der Waals surface area contributed by atoms with Crippen LogP contribution in [0.4, 0.5) is 0 Å². The van der Waals surface area contributed by atoms with Crippen LogP contribution >= 0.6 is 0 Å². The molecule has 0 saturated carbocycles. The van der Waals surface area contributed by atoms with Crippen molar-refractivity contribution in [3.63, 3.8) is 0 Å². The first-order valence-electron chi connectivity index (χ1n) is 10.4. The van der Waals surface area contributed by atoms with Gasteiger partial charge in [-0.2, -0.15) is 0 Å². The summed E-state index contributed by atoms with van der Waals surface area (Å²) in [6.07, 6.45) is 20.2. The third-order valence-corrected chi connectivity index (χ3v) is 4.63. The fourth-order valence-electron chi connectivity index (χ4n) is 3.12. The minimum absolute atomic E-state index is 0.328. The number of Topliss-reactive ketones (excluding diaryl/α,β-unsaturated/α-hetero) is 1. The molecule has 0 atom stereocenters. The highest BCUT2D eigenvalue weighted by Crippen LogP contribution is 2.14. The fraction of sp³-hybridized carbons (Fsp3) is 0.905. The number of carboxylic acids is 1. The standard InChI is InChI=1S/C21H40O3/c1-2-17-20(22)18-15-13-11-9-7-5-3-4-6-8-10-12-14-16-19-21(23)24/h2-19H2,1H3,(H,23,24). The molecule has 0 amide bonds. The van der Waals surface area contributed by atoms with Gasteiger partial charge in [0.25, 0.3) is 0 Å². The molecule has 3 heteroatoms. The number of ketones is 1. The largest absolute Gasteiger partial charge is 0.481 e. The van der Waals surface area contributed by atoms with Gasteiger partial charge in [-0.1, -0.05) is 84.0 Å². The summed E-state index contributed by atoms with van der Waals surface area (Å²) in [5, 5.41) is 8.55. The van der Waals surface area contributed by atoms with Crippen molar-refractivity contribution in [2.24, 2.45) is 0 Å². The molecule has 0 aliphatic carbocycles. The monoisotopic (exact) mass is 340 g/mol. The van der Waals surface area contributed by atoms with Gasteiger partial charge < -0.3 is 5.11 Å². The molecule has 0 heterocycles. The summed E-state index contributed by atoms with van der Waals surface area (Å²) in [5.74, 6) is -0.223. The van der Waals surface area contributed by atoms with Crippen LogP contribution in [0.3, 0.4) is 0 Å². The molecule has 0 spiro atoms. The van der Waals surface area contributed by atoms with E-state index in [1.165, 1.54) is 70.6 Å². The summed E-state index contributed by atoms with van der Waals surface area (Å²) in [6.45, 7) is 2.07. The SMILES string of the molecule is CCCC(=O)CCCCCCCCCCCCCCCCC(=O)O. The zero-order valence-electron chi connectivity index (χ0n) is 16.0. The molecule has 1 N–H and O–H groups in total. The van der Waals surface area contributed by atoms with Gasteiger partial charge in [-0.25, -0.2) is 0 Å². The first-order valence-corrected chi connectivity index (χ1v) is 10.4. The Bertz CT molecular complexity index is 299. The lowest BCUT2D eigenvalue weighted by molar-refractivity contribution is -0.137. The zero-order valence-corrected chi connectivity index (χ0v) is 16.0. The molecule has 0 rings (SSSR count). The summed E-state index contributed by atoms with van der Waals surface area (Å²) >= 11 is 0. The van der Waals surface area contributed by atoms with Crippen LogP contribution in [-0.2, 0) is 9.59 Å². The molecule has 3 nitrogen and oxygen atoms in total. The molecule has 0 aromatic rings. The molecule has 0 fully saturated rings. The van der Waals surface area contributed by atoms with Crippen LogP contribution < -0.4 is 0 Å². The second kappa shape index (κ2) is 18.5. The van der Waals surface area contributed by atoms with Gasteiger partial charge in [-0.05, 0) is 19.3 Å². The molecule has 0 unspecified atom stereocenters. The van der Waals surface area contributed by atoms with E-state index in [1.54, 1.807) is 0 Å². The van der Waals surface area contributed by atoms with Crippen LogP contribution in [0.1, 0.15) is 122 Å². The maximum atomic E-state index is 11.4. The van der Waals surface area contributed by atoms with E-state index in [4.69, 9.17) is 5.11 Å². The highest BCUT2D eigenvalue weighted by atomic mass is 16.4. The number of carbonyl (C=O) groups excluding carboxylic acids is 1. The van der Waals surface area contributed by atoms with Crippen molar-refractivity contribution < 1.29 is 14.7 Å². The van der Waals surface area contributed by atoms with Gasteiger partial charge in [0.15, 0.2) is 0 Å². The van der Waals surface area contributed by atoms with Crippen molar-refractivity contribution >= 4 is 11.8 Å². The van der Waals surface area contributed by atoms with Gasteiger partial charge in [0.2, 0.25) is 0 Å². The van der Waals surface area contributed by atoms with Crippen LogP contribution in [-0.4, -0.2) is 16.9 Å². The number of carboxylic acid groups (broad SMARTS) is 1.